The first-order valence-corrected chi connectivity index (χ1v) is 20.9. The Labute approximate surface area is 352 Å². The quantitative estimate of drug-likeness (QED) is 0.156. The Hall–Kier alpha value is -7.48. The summed E-state index contributed by atoms with van der Waals surface area (Å²) >= 11 is 0. The molecule has 284 valence electrons. The summed E-state index contributed by atoms with van der Waals surface area (Å²) in [5, 5.41) is 5.03. The van der Waals surface area contributed by atoms with Crippen molar-refractivity contribution in [3.8, 4) is 55.6 Å². The first-order chi connectivity index (χ1) is 29.5. The summed E-state index contributed by atoms with van der Waals surface area (Å²) in [6.45, 7) is 4.73. The van der Waals surface area contributed by atoms with E-state index in [2.05, 4.69) is 243 Å². The first-order valence-electron chi connectivity index (χ1n) is 20.9. The third kappa shape index (κ3) is 5.93. The normalized spacial score (nSPS) is 12.6. The van der Waals surface area contributed by atoms with Crippen molar-refractivity contribution in [2.75, 3.05) is 4.90 Å². The van der Waals surface area contributed by atoms with Gasteiger partial charge in [-0.05, 0) is 95.9 Å². The fourth-order valence-corrected chi connectivity index (χ4v) is 9.65. The highest BCUT2D eigenvalue weighted by atomic mass is 15.2. The Morgan fingerprint density at radius 2 is 0.750 bits per heavy atom. The molecule has 60 heavy (non-hydrogen) atoms. The number of anilines is 3. The van der Waals surface area contributed by atoms with E-state index in [4.69, 9.17) is 0 Å². The van der Waals surface area contributed by atoms with Crippen LogP contribution < -0.4 is 4.90 Å². The SMILES string of the molecule is CC1(C)c2ccccc2-c2c(N(c3ccccc3-c3ccc(-c4ccc5ccccc5c4)cc3)c3ccccc3-c3ccc(-c4cccc5ccccc45)cc3)cccc21. The summed E-state index contributed by atoms with van der Waals surface area (Å²) in [5.41, 5.74) is 18.2. The molecule has 0 aromatic heterocycles. The third-order valence-corrected chi connectivity index (χ3v) is 12.7. The van der Waals surface area contributed by atoms with Crippen molar-refractivity contribution in [3.63, 3.8) is 0 Å². The summed E-state index contributed by atoms with van der Waals surface area (Å²) in [5.74, 6) is 0. The molecule has 0 N–H and O–H groups in total. The van der Waals surface area contributed by atoms with Gasteiger partial charge in [0.15, 0.2) is 0 Å². The van der Waals surface area contributed by atoms with Crippen LogP contribution in [0.3, 0.4) is 0 Å². The molecule has 1 nitrogen and oxygen atoms in total. The molecule has 10 aromatic rings. The molecule has 0 aliphatic heterocycles. The number of fused-ring (bicyclic) bond motifs is 5. The number of hydrogen-bond donors (Lipinski definition) is 0. The van der Waals surface area contributed by atoms with Gasteiger partial charge in [0.2, 0.25) is 0 Å². The minimum absolute atomic E-state index is 0.136. The molecule has 0 fully saturated rings. The minimum atomic E-state index is -0.136. The lowest BCUT2D eigenvalue weighted by atomic mass is 9.82. The Kier molecular flexibility index (Phi) is 8.57. The maximum Gasteiger partial charge on any atom is 0.0543 e. The molecule has 0 amide bonds. The highest BCUT2D eigenvalue weighted by molar-refractivity contribution is 6.01. The van der Waals surface area contributed by atoms with E-state index in [1.165, 1.54) is 94.0 Å². The number of hydrogen-bond acceptors (Lipinski definition) is 1. The summed E-state index contributed by atoms with van der Waals surface area (Å²) in [4.78, 5) is 2.53. The molecule has 0 saturated heterocycles. The fraction of sp³-hybridized carbons (Fsp3) is 0.0508. The van der Waals surface area contributed by atoms with Crippen LogP contribution in [0.15, 0.2) is 224 Å². The molecule has 11 rings (SSSR count). The lowest BCUT2D eigenvalue weighted by molar-refractivity contribution is 0.660. The Bertz CT molecular complexity index is 3220. The van der Waals surface area contributed by atoms with Crippen LogP contribution in [-0.4, -0.2) is 0 Å². The Morgan fingerprint density at radius 1 is 0.300 bits per heavy atom. The van der Waals surface area contributed by atoms with Crippen molar-refractivity contribution in [2.45, 2.75) is 19.3 Å². The van der Waals surface area contributed by atoms with Gasteiger partial charge in [-0.25, -0.2) is 0 Å². The van der Waals surface area contributed by atoms with Gasteiger partial charge < -0.3 is 4.90 Å². The molecular weight excluding hydrogens is 723 g/mol. The van der Waals surface area contributed by atoms with Crippen LogP contribution in [0.2, 0.25) is 0 Å². The molecule has 1 heteroatoms. The van der Waals surface area contributed by atoms with E-state index in [0.29, 0.717) is 0 Å². The summed E-state index contributed by atoms with van der Waals surface area (Å²) in [7, 11) is 0. The van der Waals surface area contributed by atoms with Crippen molar-refractivity contribution in [1.82, 2.24) is 0 Å². The van der Waals surface area contributed by atoms with Gasteiger partial charge >= 0.3 is 0 Å². The van der Waals surface area contributed by atoms with Crippen molar-refractivity contribution < 1.29 is 0 Å². The highest BCUT2D eigenvalue weighted by Gasteiger charge is 2.38. The van der Waals surface area contributed by atoms with E-state index in [0.717, 1.165) is 11.4 Å². The predicted molar refractivity (Wildman–Crippen MR) is 255 cm³/mol. The van der Waals surface area contributed by atoms with Crippen LogP contribution >= 0.6 is 0 Å². The van der Waals surface area contributed by atoms with Gasteiger partial charge in [0.05, 0.1) is 17.1 Å². The van der Waals surface area contributed by atoms with Crippen LogP contribution in [0, 0.1) is 0 Å². The molecule has 0 spiro atoms. The van der Waals surface area contributed by atoms with Gasteiger partial charge in [-0.3, -0.25) is 0 Å². The molecule has 0 unspecified atom stereocenters. The standard InChI is InChI=1S/C59H43N/c1-59(2)53-24-10-7-22-52(53)58-54(59)25-14-28-57(58)60(55-26-11-8-20-50(55)44-32-29-41(30-33-44)47-38-31-40-15-3-4-17-46(40)39-47)56-27-12-9-21-51(56)45-36-34-43(35-37-45)49-23-13-18-42-16-5-6-19-48(42)49/h3-39H,1-2H3. The van der Waals surface area contributed by atoms with Gasteiger partial charge in [0, 0.05) is 22.1 Å². The number of para-hydroxylation sites is 2. The minimum Gasteiger partial charge on any atom is -0.309 e. The zero-order valence-corrected chi connectivity index (χ0v) is 33.8. The van der Waals surface area contributed by atoms with Gasteiger partial charge in [0.1, 0.15) is 0 Å². The van der Waals surface area contributed by atoms with E-state index >= 15 is 0 Å². The largest absolute Gasteiger partial charge is 0.309 e. The van der Waals surface area contributed by atoms with E-state index in [-0.39, 0.29) is 5.41 Å². The molecule has 1 aliphatic rings. The third-order valence-electron chi connectivity index (χ3n) is 12.7. The predicted octanol–water partition coefficient (Wildman–Crippen LogP) is 16.4. The van der Waals surface area contributed by atoms with Crippen LogP contribution in [0.25, 0.3) is 77.2 Å². The summed E-state index contributed by atoms with van der Waals surface area (Å²) in [6, 6.07) is 82.5. The number of rotatable bonds is 7. The topological polar surface area (TPSA) is 3.24 Å². The van der Waals surface area contributed by atoms with E-state index in [9.17, 15) is 0 Å². The lowest BCUT2D eigenvalue weighted by Crippen LogP contribution is -2.16. The number of benzene rings is 10. The van der Waals surface area contributed by atoms with Gasteiger partial charge in [-0.1, -0.05) is 214 Å². The zero-order valence-electron chi connectivity index (χ0n) is 33.8. The second kappa shape index (κ2) is 14.4. The summed E-state index contributed by atoms with van der Waals surface area (Å²) < 4.78 is 0. The Balaban J connectivity index is 1.08. The Morgan fingerprint density at radius 3 is 1.45 bits per heavy atom. The first kappa shape index (κ1) is 35.7. The molecule has 0 radical (unpaired) electrons. The van der Waals surface area contributed by atoms with Crippen molar-refractivity contribution >= 4 is 38.6 Å². The average Bonchev–Trinajstić information content (AvgIpc) is 3.55. The van der Waals surface area contributed by atoms with E-state index in [1.807, 2.05) is 0 Å². The van der Waals surface area contributed by atoms with E-state index in [1.54, 1.807) is 0 Å². The van der Waals surface area contributed by atoms with Gasteiger partial charge in [-0.2, -0.15) is 0 Å². The van der Waals surface area contributed by atoms with Crippen molar-refractivity contribution in [1.29, 1.82) is 0 Å². The van der Waals surface area contributed by atoms with Gasteiger partial charge in [-0.15, -0.1) is 0 Å². The molecule has 0 saturated carbocycles. The van der Waals surface area contributed by atoms with Crippen molar-refractivity contribution in [3.05, 3.63) is 236 Å². The molecule has 0 heterocycles. The molecule has 0 atom stereocenters. The maximum absolute atomic E-state index is 2.53. The molecule has 0 bridgehead atoms. The lowest BCUT2D eigenvalue weighted by Gasteiger charge is -2.32. The summed E-state index contributed by atoms with van der Waals surface area (Å²) in [6.07, 6.45) is 0. The zero-order chi connectivity index (χ0) is 40.2. The molecule has 10 aromatic carbocycles. The highest BCUT2D eigenvalue weighted by Crippen LogP contribution is 2.55. The van der Waals surface area contributed by atoms with Crippen LogP contribution in [-0.2, 0) is 5.41 Å². The van der Waals surface area contributed by atoms with Crippen molar-refractivity contribution in [2.24, 2.45) is 0 Å². The molecule has 1 aliphatic carbocycles. The van der Waals surface area contributed by atoms with Crippen LogP contribution in [0.4, 0.5) is 17.1 Å². The maximum atomic E-state index is 2.53. The van der Waals surface area contributed by atoms with Crippen LogP contribution in [0.5, 0.6) is 0 Å². The second-order valence-corrected chi connectivity index (χ2v) is 16.5. The monoisotopic (exact) mass is 765 g/mol. The van der Waals surface area contributed by atoms with E-state index < -0.39 is 0 Å². The number of nitrogens with zero attached hydrogens (tertiary/aromatic N) is 1. The average molecular weight is 766 g/mol. The molecular formula is C59H43N. The van der Waals surface area contributed by atoms with Crippen LogP contribution in [0.1, 0.15) is 25.0 Å². The fourth-order valence-electron chi connectivity index (χ4n) is 9.65. The smallest absolute Gasteiger partial charge is 0.0543 e. The van der Waals surface area contributed by atoms with Gasteiger partial charge in [0.25, 0.3) is 0 Å². The second-order valence-electron chi connectivity index (χ2n) is 16.5.